The van der Waals surface area contributed by atoms with Gasteiger partial charge in [-0.25, -0.2) is 4.98 Å². The molecule has 5 nitrogen and oxygen atoms in total. The Morgan fingerprint density at radius 1 is 0.778 bits per heavy atom. The first-order valence-corrected chi connectivity index (χ1v) is 12.6. The molecule has 1 N–H and O–H groups in total. The van der Waals surface area contributed by atoms with E-state index in [9.17, 15) is 4.79 Å². The van der Waals surface area contributed by atoms with Gasteiger partial charge in [0.1, 0.15) is 0 Å². The number of anilines is 1. The van der Waals surface area contributed by atoms with Gasteiger partial charge in [0.25, 0.3) is 5.56 Å². The van der Waals surface area contributed by atoms with Gasteiger partial charge in [-0.2, -0.15) is 4.98 Å². The fourth-order valence-electron chi connectivity index (χ4n) is 5.21. The number of H-pyrrole nitrogens is 1. The second-order valence-electron chi connectivity index (χ2n) is 9.51. The van der Waals surface area contributed by atoms with Crippen LogP contribution < -0.4 is 10.5 Å². The van der Waals surface area contributed by atoms with Crippen LogP contribution in [-0.4, -0.2) is 28.0 Å². The van der Waals surface area contributed by atoms with Gasteiger partial charge in [0.15, 0.2) is 5.65 Å². The zero-order valence-electron chi connectivity index (χ0n) is 20.1. The van der Waals surface area contributed by atoms with Crippen molar-refractivity contribution in [2.24, 2.45) is 5.92 Å². The van der Waals surface area contributed by atoms with Gasteiger partial charge in [0, 0.05) is 19.3 Å². The molecule has 5 heteroatoms. The molecule has 0 bridgehead atoms. The highest BCUT2D eigenvalue weighted by Gasteiger charge is 2.22. The fraction of sp³-hybridized carbons (Fsp3) is 0.194. The maximum atomic E-state index is 13.3. The van der Waals surface area contributed by atoms with Crippen molar-refractivity contribution in [2.45, 2.75) is 19.3 Å². The van der Waals surface area contributed by atoms with Crippen LogP contribution >= 0.6 is 0 Å². The molecular weight excluding hydrogens is 444 g/mol. The number of fused-ring (bicyclic) bond motifs is 1. The van der Waals surface area contributed by atoms with Crippen LogP contribution in [0.2, 0.25) is 0 Å². The second-order valence-corrected chi connectivity index (χ2v) is 9.51. The third kappa shape index (κ3) is 4.52. The van der Waals surface area contributed by atoms with Crippen LogP contribution in [0.4, 0.5) is 5.95 Å². The molecule has 1 saturated heterocycles. The summed E-state index contributed by atoms with van der Waals surface area (Å²) in [5.74, 6) is 1.27. The van der Waals surface area contributed by atoms with Gasteiger partial charge in [0.2, 0.25) is 5.95 Å². The van der Waals surface area contributed by atoms with Crippen molar-refractivity contribution in [1.29, 1.82) is 0 Å². The number of aromatic amines is 1. The van der Waals surface area contributed by atoms with E-state index in [-0.39, 0.29) is 5.56 Å². The van der Waals surface area contributed by atoms with Crippen molar-refractivity contribution in [3.8, 4) is 22.3 Å². The van der Waals surface area contributed by atoms with Crippen LogP contribution in [0, 0.1) is 5.92 Å². The SMILES string of the molecule is O=c1[nH]c(N2CCC(Cc3ccccc3)CC2)nc2nccc(-c3ccc(-c4ccccc4)cc3)c12. The van der Waals surface area contributed by atoms with Crippen LogP contribution in [0.25, 0.3) is 33.3 Å². The molecule has 0 saturated carbocycles. The molecule has 1 aliphatic rings. The first-order valence-electron chi connectivity index (χ1n) is 12.6. The standard InChI is InChI=1S/C31H28N4O/c36-30-28-27(26-13-11-25(12-14-26)24-9-5-2-6-10-24)15-18-32-29(28)33-31(34-30)35-19-16-23(17-20-35)21-22-7-3-1-4-8-22/h1-15,18,23H,16-17,19-21H2,(H,32,33,34,36). The van der Waals surface area contributed by atoms with Crippen LogP contribution in [0.3, 0.4) is 0 Å². The van der Waals surface area contributed by atoms with E-state index in [1.807, 2.05) is 24.3 Å². The maximum absolute atomic E-state index is 13.3. The molecule has 178 valence electrons. The Morgan fingerprint density at radius 2 is 1.42 bits per heavy atom. The summed E-state index contributed by atoms with van der Waals surface area (Å²) in [4.78, 5) is 27.7. The van der Waals surface area contributed by atoms with Crippen molar-refractivity contribution in [2.75, 3.05) is 18.0 Å². The van der Waals surface area contributed by atoms with Crippen molar-refractivity contribution in [1.82, 2.24) is 15.0 Å². The first-order chi connectivity index (χ1) is 17.7. The van der Waals surface area contributed by atoms with Gasteiger partial charge < -0.3 is 4.90 Å². The van der Waals surface area contributed by atoms with E-state index in [0.717, 1.165) is 49.0 Å². The van der Waals surface area contributed by atoms with E-state index in [4.69, 9.17) is 4.98 Å². The summed E-state index contributed by atoms with van der Waals surface area (Å²) in [6.45, 7) is 1.76. The number of aromatic nitrogens is 3. The lowest BCUT2D eigenvalue weighted by Gasteiger charge is -2.32. The molecule has 6 rings (SSSR count). The van der Waals surface area contributed by atoms with Crippen molar-refractivity contribution in [3.05, 3.63) is 113 Å². The Hall–Kier alpha value is -4.25. The Bertz CT molecular complexity index is 1520. The van der Waals surface area contributed by atoms with Crippen LogP contribution in [-0.2, 0) is 6.42 Å². The lowest BCUT2D eigenvalue weighted by molar-refractivity contribution is 0.400. The third-order valence-electron chi connectivity index (χ3n) is 7.18. The molecule has 3 aromatic carbocycles. The number of piperidine rings is 1. The molecule has 2 aromatic heterocycles. The van der Waals surface area contributed by atoms with Crippen molar-refractivity contribution in [3.63, 3.8) is 0 Å². The van der Waals surface area contributed by atoms with Crippen LogP contribution in [0.15, 0.2) is 102 Å². The highest BCUT2D eigenvalue weighted by atomic mass is 16.1. The molecule has 36 heavy (non-hydrogen) atoms. The average molecular weight is 473 g/mol. The molecule has 0 unspecified atom stereocenters. The molecule has 0 aliphatic carbocycles. The van der Waals surface area contributed by atoms with E-state index in [1.165, 1.54) is 11.1 Å². The van der Waals surface area contributed by atoms with Gasteiger partial charge in [-0.15, -0.1) is 0 Å². The number of nitrogens with zero attached hydrogens (tertiary/aromatic N) is 3. The Balaban J connectivity index is 1.23. The van der Waals surface area contributed by atoms with Gasteiger partial charge in [0.05, 0.1) is 5.39 Å². The highest BCUT2D eigenvalue weighted by molar-refractivity contribution is 5.92. The molecule has 0 amide bonds. The lowest BCUT2D eigenvalue weighted by atomic mass is 9.90. The Kier molecular flexibility index (Phi) is 6.04. The minimum Gasteiger partial charge on any atom is -0.342 e. The zero-order chi connectivity index (χ0) is 24.3. The largest absolute Gasteiger partial charge is 0.342 e. The molecule has 0 spiro atoms. The minimum atomic E-state index is -0.142. The first kappa shape index (κ1) is 22.2. The van der Waals surface area contributed by atoms with Crippen LogP contribution in [0.5, 0.6) is 0 Å². The number of pyridine rings is 1. The number of hydrogen-bond donors (Lipinski definition) is 1. The summed E-state index contributed by atoms with van der Waals surface area (Å²) in [5, 5.41) is 0.535. The summed E-state index contributed by atoms with van der Waals surface area (Å²) in [5.41, 5.74) is 5.87. The Labute approximate surface area is 210 Å². The zero-order valence-corrected chi connectivity index (χ0v) is 20.1. The van der Waals surface area contributed by atoms with E-state index >= 15 is 0 Å². The number of nitrogens with one attached hydrogen (secondary N) is 1. The summed E-state index contributed by atoms with van der Waals surface area (Å²) in [6, 6.07) is 31.1. The van der Waals surface area contributed by atoms with Gasteiger partial charge in [-0.05, 0) is 59.1 Å². The summed E-state index contributed by atoms with van der Waals surface area (Å²) >= 11 is 0. The number of hydrogen-bond acceptors (Lipinski definition) is 4. The number of rotatable bonds is 5. The van der Waals surface area contributed by atoms with E-state index in [1.54, 1.807) is 6.20 Å². The minimum absolute atomic E-state index is 0.142. The molecule has 0 atom stereocenters. The third-order valence-corrected chi connectivity index (χ3v) is 7.18. The monoisotopic (exact) mass is 472 g/mol. The predicted molar refractivity (Wildman–Crippen MR) is 146 cm³/mol. The molecular formula is C31H28N4O. The highest BCUT2D eigenvalue weighted by Crippen LogP contribution is 2.29. The lowest BCUT2D eigenvalue weighted by Crippen LogP contribution is -2.36. The second kappa shape index (κ2) is 9.78. The van der Waals surface area contributed by atoms with E-state index in [0.29, 0.717) is 22.9 Å². The van der Waals surface area contributed by atoms with E-state index in [2.05, 4.69) is 81.6 Å². The average Bonchev–Trinajstić information content (AvgIpc) is 2.94. The molecule has 0 radical (unpaired) electrons. The van der Waals surface area contributed by atoms with E-state index < -0.39 is 0 Å². The molecule has 5 aromatic rings. The van der Waals surface area contributed by atoms with Gasteiger partial charge >= 0.3 is 0 Å². The smallest absolute Gasteiger partial charge is 0.262 e. The normalized spacial score (nSPS) is 14.3. The van der Waals surface area contributed by atoms with Crippen molar-refractivity contribution >= 4 is 17.0 Å². The Morgan fingerprint density at radius 3 is 2.14 bits per heavy atom. The number of benzene rings is 3. The predicted octanol–water partition coefficient (Wildman–Crippen LogP) is 6.11. The quantitative estimate of drug-likeness (QED) is 0.335. The summed E-state index contributed by atoms with van der Waals surface area (Å²) in [7, 11) is 0. The van der Waals surface area contributed by atoms with Gasteiger partial charge in [-0.3, -0.25) is 9.78 Å². The topological polar surface area (TPSA) is 61.9 Å². The van der Waals surface area contributed by atoms with Crippen molar-refractivity contribution < 1.29 is 0 Å². The summed E-state index contributed by atoms with van der Waals surface area (Å²) < 4.78 is 0. The fourth-order valence-corrected chi connectivity index (χ4v) is 5.21. The van der Waals surface area contributed by atoms with Crippen LogP contribution in [0.1, 0.15) is 18.4 Å². The summed E-state index contributed by atoms with van der Waals surface area (Å²) in [6.07, 6.45) is 5.01. The molecule has 1 fully saturated rings. The van der Waals surface area contributed by atoms with Gasteiger partial charge in [-0.1, -0.05) is 84.9 Å². The molecule has 1 aliphatic heterocycles. The molecule has 3 heterocycles. The maximum Gasteiger partial charge on any atom is 0.262 e.